The van der Waals surface area contributed by atoms with Crippen molar-refractivity contribution < 1.29 is 13.5 Å². The molecule has 0 aliphatic rings. The van der Waals surface area contributed by atoms with Crippen LogP contribution < -0.4 is 10.5 Å². The minimum absolute atomic E-state index is 0.269. The van der Waals surface area contributed by atoms with Gasteiger partial charge in [0.1, 0.15) is 5.75 Å². The first-order valence-electron chi connectivity index (χ1n) is 5.49. The Morgan fingerprint density at radius 1 is 1.35 bits per heavy atom. The lowest BCUT2D eigenvalue weighted by molar-refractivity contribution is 0.0858. The normalized spacial score (nSPS) is 11.2. The Morgan fingerprint density at radius 2 is 2.06 bits per heavy atom. The lowest BCUT2D eigenvalue weighted by Gasteiger charge is -2.22. The highest BCUT2D eigenvalue weighted by molar-refractivity contribution is 5.33. The Labute approximate surface area is 100 Å². The van der Waals surface area contributed by atoms with Crippen LogP contribution in [-0.4, -0.2) is 38.1 Å². The van der Waals surface area contributed by atoms with E-state index in [0.717, 1.165) is 5.56 Å². The van der Waals surface area contributed by atoms with E-state index in [0.29, 0.717) is 25.4 Å². The van der Waals surface area contributed by atoms with E-state index < -0.39 is 6.43 Å². The van der Waals surface area contributed by atoms with Crippen molar-refractivity contribution in [3.8, 4) is 5.75 Å². The monoisotopic (exact) mass is 244 g/mol. The molecule has 0 aliphatic carbocycles. The number of para-hydroxylation sites is 1. The molecule has 1 aromatic carbocycles. The third kappa shape index (κ3) is 4.66. The van der Waals surface area contributed by atoms with Crippen molar-refractivity contribution in [2.45, 2.75) is 13.0 Å². The Bertz CT molecular complexity index is 334. The lowest BCUT2D eigenvalue weighted by atomic mass is 10.2. The second-order valence-electron chi connectivity index (χ2n) is 3.73. The van der Waals surface area contributed by atoms with Gasteiger partial charge >= 0.3 is 0 Å². The smallest absolute Gasteiger partial charge is 0.251 e. The maximum absolute atomic E-state index is 12.4. The fraction of sp³-hybridized carbons (Fsp3) is 0.500. The molecule has 17 heavy (non-hydrogen) atoms. The van der Waals surface area contributed by atoms with E-state index >= 15 is 0 Å². The van der Waals surface area contributed by atoms with Crippen LogP contribution in [0.2, 0.25) is 0 Å². The molecule has 0 radical (unpaired) electrons. The molecule has 1 aromatic rings. The summed E-state index contributed by atoms with van der Waals surface area (Å²) in [6.07, 6.45) is -2.35. The van der Waals surface area contributed by atoms with Crippen LogP contribution in [0.25, 0.3) is 0 Å². The SMILES string of the molecule is COc1ccccc1CN(CCN)CC(F)F. The first-order chi connectivity index (χ1) is 8.17. The van der Waals surface area contributed by atoms with Crippen molar-refractivity contribution in [2.24, 2.45) is 5.73 Å². The maximum Gasteiger partial charge on any atom is 0.251 e. The van der Waals surface area contributed by atoms with E-state index in [2.05, 4.69) is 0 Å². The lowest BCUT2D eigenvalue weighted by Crippen LogP contribution is -2.33. The Balaban J connectivity index is 2.70. The van der Waals surface area contributed by atoms with Crippen molar-refractivity contribution in [2.75, 3.05) is 26.7 Å². The van der Waals surface area contributed by atoms with Gasteiger partial charge in [-0.3, -0.25) is 4.90 Å². The van der Waals surface area contributed by atoms with Gasteiger partial charge in [0.2, 0.25) is 0 Å². The number of ether oxygens (including phenoxy) is 1. The number of hydrogen-bond donors (Lipinski definition) is 1. The van der Waals surface area contributed by atoms with E-state index in [1.165, 1.54) is 0 Å². The summed E-state index contributed by atoms with van der Waals surface area (Å²) in [7, 11) is 1.57. The summed E-state index contributed by atoms with van der Waals surface area (Å²) < 4.78 is 29.9. The second kappa shape index (κ2) is 7.19. The van der Waals surface area contributed by atoms with E-state index in [9.17, 15) is 8.78 Å². The second-order valence-corrected chi connectivity index (χ2v) is 3.73. The minimum Gasteiger partial charge on any atom is -0.496 e. The number of nitrogens with two attached hydrogens (primary N) is 1. The number of halogens is 2. The Morgan fingerprint density at radius 3 is 2.65 bits per heavy atom. The van der Waals surface area contributed by atoms with E-state index in [-0.39, 0.29) is 6.54 Å². The van der Waals surface area contributed by atoms with Crippen LogP contribution in [0.3, 0.4) is 0 Å². The number of alkyl halides is 2. The molecule has 3 nitrogen and oxygen atoms in total. The van der Waals surface area contributed by atoms with Crippen LogP contribution in [0, 0.1) is 0 Å². The third-order valence-corrected chi connectivity index (χ3v) is 2.43. The van der Waals surface area contributed by atoms with Crippen molar-refractivity contribution in [3.05, 3.63) is 29.8 Å². The van der Waals surface area contributed by atoms with Crippen molar-refractivity contribution in [1.29, 1.82) is 0 Å². The molecule has 96 valence electrons. The molecule has 2 N–H and O–H groups in total. The molecule has 0 amide bonds. The summed E-state index contributed by atoms with van der Waals surface area (Å²) in [6, 6.07) is 7.40. The molecule has 0 aromatic heterocycles. The van der Waals surface area contributed by atoms with Crippen LogP contribution in [0.15, 0.2) is 24.3 Å². The van der Waals surface area contributed by atoms with E-state index in [1.807, 2.05) is 24.3 Å². The van der Waals surface area contributed by atoms with Gasteiger partial charge in [-0.1, -0.05) is 18.2 Å². The standard InChI is InChI=1S/C12H18F2N2O/c1-17-11-5-3-2-4-10(11)8-16(7-6-15)9-12(13)14/h2-5,12H,6-9,15H2,1H3. The molecule has 1 rings (SSSR count). The van der Waals surface area contributed by atoms with Crippen molar-refractivity contribution in [1.82, 2.24) is 4.90 Å². The van der Waals surface area contributed by atoms with Gasteiger partial charge in [-0.25, -0.2) is 8.78 Å². The van der Waals surface area contributed by atoms with Crippen LogP contribution in [0.4, 0.5) is 8.78 Å². The maximum atomic E-state index is 12.4. The van der Waals surface area contributed by atoms with Gasteiger partial charge in [-0.2, -0.15) is 0 Å². The Hall–Kier alpha value is -1.20. The molecule has 0 saturated heterocycles. The van der Waals surface area contributed by atoms with Gasteiger partial charge in [0.25, 0.3) is 6.43 Å². The van der Waals surface area contributed by atoms with Crippen molar-refractivity contribution in [3.63, 3.8) is 0 Å². The first-order valence-corrected chi connectivity index (χ1v) is 5.49. The number of hydrogen-bond acceptors (Lipinski definition) is 3. The fourth-order valence-electron chi connectivity index (χ4n) is 1.69. The van der Waals surface area contributed by atoms with Gasteiger partial charge < -0.3 is 10.5 Å². The van der Waals surface area contributed by atoms with Crippen LogP contribution in [0.5, 0.6) is 5.75 Å². The Kier molecular flexibility index (Phi) is 5.86. The van der Waals surface area contributed by atoms with Gasteiger partial charge in [-0.05, 0) is 6.07 Å². The third-order valence-electron chi connectivity index (χ3n) is 2.43. The highest BCUT2D eigenvalue weighted by atomic mass is 19.3. The first kappa shape index (κ1) is 13.9. The summed E-state index contributed by atoms with van der Waals surface area (Å²) >= 11 is 0. The van der Waals surface area contributed by atoms with E-state index in [4.69, 9.17) is 10.5 Å². The summed E-state index contributed by atoms with van der Waals surface area (Å²) in [5.74, 6) is 0.712. The largest absolute Gasteiger partial charge is 0.496 e. The van der Waals surface area contributed by atoms with Crippen LogP contribution >= 0.6 is 0 Å². The molecule has 0 saturated carbocycles. The molecule has 0 spiro atoms. The highest BCUT2D eigenvalue weighted by Gasteiger charge is 2.13. The minimum atomic E-state index is -2.35. The van der Waals surface area contributed by atoms with Crippen LogP contribution in [0.1, 0.15) is 5.56 Å². The number of benzene rings is 1. The highest BCUT2D eigenvalue weighted by Crippen LogP contribution is 2.19. The van der Waals surface area contributed by atoms with Gasteiger partial charge in [-0.15, -0.1) is 0 Å². The summed E-state index contributed by atoms with van der Waals surface area (Å²) in [6.45, 7) is 0.963. The molecule has 0 bridgehead atoms. The quantitative estimate of drug-likeness (QED) is 0.793. The number of methoxy groups -OCH3 is 1. The van der Waals surface area contributed by atoms with Gasteiger partial charge in [0, 0.05) is 25.2 Å². The van der Waals surface area contributed by atoms with E-state index in [1.54, 1.807) is 12.0 Å². The summed E-state index contributed by atoms with van der Waals surface area (Å²) in [5.41, 5.74) is 6.30. The molecule has 0 unspecified atom stereocenters. The van der Waals surface area contributed by atoms with Crippen LogP contribution in [-0.2, 0) is 6.54 Å². The molecular weight excluding hydrogens is 226 g/mol. The predicted molar refractivity (Wildman–Crippen MR) is 63.3 cm³/mol. The fourth-order valence-corrected chi connectivity index (χ4v) is 1.69. The molecule has 0 aliphatic heterocycles. The van der Waals surface area contributed by atoms with Gasteiger partial charge in [0.15, 0.2) is 0 Å². The van der Waals surface area contributed by atoms with Crippen molar-refractivity contribution >= 4 is 0 Å². The summed E-state index contributed by atoms with van der Waals surface area (Å²) in [4.78, 5) is 1.63. The topological polar surface area (TPSA) is 38.5 Å². The number of rotatable bonds is 7. The van der Waals surface area contributed by atoms with Gasteiger partial charge in [0.05, 0.1) is 13.7 Å². The zero-order chi connectivity index (χ0) is 12.7. The molecule has 0 atom stereocenters. The summed E-state index contributed by atoms with van der Waals surface area (Å²) in [5, 5.41) is 0. The molecular formula is C12H18F2N2O. The number of nitrogens with zero attached hydrogens (tertiary/aromatic N) is 1. The molecule has 5 heteroatoms. The zero-order valence-corrected chi connectivity index (χ0v) is 9.90. The zero-order valence-electron chi connectivity index (χ0n) is 9.90. The molecule has 0 heterocycles. The molecule has 0 fully saturated rings. The average Bonchev–Trinajstić information content (AvgIpc) is 2.29. The predicted octanol–water partition coefficient (Wildman–Crippen LogP) is 1.72. The average molecular weight is 244 g/mol.